The van der Waals surface area contributed by atoms with Crippen LogP contribution in [0.15, 0.2) is 24.3 Å². The Morgan fingerprint density at radius 1 is 1.35 bits per heavy atom. The molecular weight excluding hydrogens is 254 g/mol. The maximum Gasteiger partial charge on any atom is 0.331 e. The second-order valence-corrected chi connectivity index (χ2v) is 5.07. The topological polar surface area (TPSA) is 56.2 Å². The van der Waals surface area contributed by atoms with Crippen LogP contribution in [-0.4, -0.2) is 28.7 Å². The van der Waals surface area contributed by atoms with Crippen LogP contribution in [-0.2, 0) is 15.1 Å². The summed E-state index contributed by atoms with van der Waals surface area (Å²) in [5.41, 5.74) is 0.964. The number of hydrogen-bond donors (Lipinski definition) is 1. The van der Waals surface area contributed by atoms with Gasteiger partial charge in [0.1, 0.15) is 5.54 Å². The molecule has 0 atom stereocenters. The lowest BCUT2D eigenvalue weighted by atomic mass is 10.1. The van der Waals surface area contributed by atoms with Gasteiger partial charge in [0.05, 0.1) is 17.6 Å². The fourth-order valence-corrected chi connectivity index (χ4v) is 2.27. The van der Waals surface area contributed by atoms with Crippen LogP contribution in [0.4, 0.5) is 5.95 Å². The normalized spacial score (nSPS) is 11.6. The maximum atomic E-state index is 12.3. The largest absolute Gasteiger partial charge is 0.464 e. The summed E-state index contributed by atoms with van der Waals surface area (Å²) < 4.78 is 7.10. The third-order valence-electron chi connectivity index (χ3n) is 3.23. The number of anilines is 1. The van der Waals surface area contributed by atoms with Crippen LogP contribution in [0.3, 0.4) is 0 Å². The molecule has 20 heavy (non-hydrogen) atoms. The van der Waals surface area contributed by atoms with Crippen molar-refractivity contribution in [1.82, 2.24) is 9.55 Å². The number of fused-ring (bicyclic) bond motifs is 1. The molecule has 0 amide bonds. The van der Waals surface area contributed by atoms with Crippen molar-refractivity contribution in [2.24, 2.45) is 0 Å². The molecule has 0 aliphatic rings. The number of ether oxygens (including phenoxy) is 1. The van der Waals surface area contributed by atoms with Gasteiger partial charge in [-0.2, -0.15) is 0 Å². The van der Waals surface area contributed by atoms with Gasteiger partial charge in [0.15, 0.2) is 0 Å². The second kappa shape index (κ2) is 5.53. The first kappa shape index (κ1) is 14.4. The SMILES string of the molecule is CCNc1nc2ccccc2n1C(C)(C)C(=O)OCC. The summed E-state index contributed by atoms with van der Waals surface area (Å²) in [4.78, 5) is 16.8. The van der Waals surface area contributed by atoms with Crippen molar-refractivity contribution < 1.29 is 9.53 Å². The number of carbonyl (C=O) groups is 1. The van der Waals surface area contributed by atoms with E-state index in [9.17, 15) is 4.79 Å². The van der Waals surface area contributed by atoms with E-state index in [4.69, 9.17) is 4.74 Å². The minimum Gasteiger partial charge on any atom is -0.464 e. The monoisotopic (exact) mass is 275 g/mol. The third-order valence-corrected chi connectivity index (χ3v) is 3.23. The van der Waals surface area contributed by atoms with Crippen molar-refractivity contribution >= 4 is 23.0 Å². The molecule has 0 aliphatic heterocycles. The van der Waals surface area contributed by atoms with Gasteiger partial charge in [-0.3, -0.25) is 4.57 Å². The first-order valence-electron chi connectivity index (χ1n) is 6.91. The molecule has 2 aromatic rings. The molecule has 0 aliphatic carbocycles. The molecule has 1 aromatic carbocycles. The van der Waals surface area contributed by atoms with Crippen LogP contribution < -0.4 is 5.32 Å². The summed E-state index contributed by atoms with van der Waals surface area (Å²) in [6, 6.07) is 7.78. The van der Waals surface area contributed by atoms with E-state index in [1.54, 1.807) is 0 Å². The van der Waals surface area contributed by atoms with Crippen LogP contribution in [0.25, 0.3) is 11.0 Å². The van der Waals surface area contributed by atoms with Gasteiger partial charge in [0, 0.05) is 6.54 Å². The molecule has 1 heterocycles. The van der Waals surface area contributed by atoms with E-state index in [2.05, 4.69) is 10.3 Å². The minimum atomic E-state index is -0.816. The molecule has 108 valence electrons. The Labute approximate surface area is 118 Å². The molecular formula is C15H21N3O2. The number of hydrogen-bond acceptors (Lipinski definition) is 4. The van der Waals surface area contributed by atoms with Crippen molar-refractivity contribution in [2.75, 3.05) is 18.5 Å². The van der Waals surface area contributed by atoms with Crippen molar-refractivity contribution in [3.8, 4) is 0 Å². The highest BCUT2D eigenvalue weighted by atomic mass is 16.5. The molecule has 5 nitrogen and oxygen atoms in total. The fourth-order valence-electron chi connectivity index (χ4n) is 2.27. The number of para-hydroxylation sites is 2. The fraction of sp³-hybridized carbons (Fsp3) is 0.467. The quantitative estimate of drug-likeness (QED) is 0.852. The highest BCUT2D eigenvalue weighted by molar-refractivity contribution is 5.85. The summed E-state index contributed by atoms with van der Waals surface area (Å²) in [7, 11) is 0. The van der Waals surface area contributed by atoms with Crippen LogP contribution in [0.1, 0.15) is 27.7 Å². The lowest BCUT2D eigenvalue weighted by molar-refractivity contribution is -0.151. The van der Waals surface area contributed by atoms with Gasteiger partial charge in [-0.25, -0.2) is 9.78 Å². The van der Waals surface area contributed by atoms with Gasteiger partial charge in [0.2, 0.25) is 5.95 Å². The summed E-state index contributed by atoms with van der Waals surface area (Å²) in [6.45, 7) is 8.61. The van der Waals surface area contributed by atoms with Crippen LogP contribution in [0.5, 0.6) is 0 Å². The van der Waals surface area contributed by atoms with E-state index in [-0.39, 0.29) is 5.97 Å². The number of rotatable bonds is 5. The van der Waals surface area contributed by atoms with Crippen LogP contribution >= 0.6 is 0 Å². The summed E-state index contributed by atoms with van der Waals surface area (Å²) in [5, 5.41) is 3.21. The number of nitrogens with one attached hydrogen (secondary N) is 1. The zero-order valence-corrected chi connectivity index (χ0v) is 12.4. The first-order valence-corrected chi connectivity index (χ1v) is 6.91. The predicted molar refractivity (Wildman–Crippen MR) is 79.9 cm³/mol. The van der Waals surface area contributed by atoms with Crippen LogP contribution in [0, 0.1) is 0 Å². The average Bonchev–Trinajstić information content (AvgIpc) is 2.78. The average molecular weight is 275 g/mol. The van der Waals surface area contributed by atoms with E-state index >= 15 is 0 Å². The van der Waals surface area contributed by atoms with Crippen molar-refractivity contribution in [3.63, 3.8) is 0 Å². The molecule has 0 bridgehead atoms. The Morgan fingerprint density at radius 2 is 2.05 bits per heavy atom. The predicted octanol–water partition coefficient (Wildman–Crippen LogP) is 2.77. The van der Waals surface area contributed by atoms with Crippen molar-refractivity contribution in [3.05, 3.63) is 24.3 Å². The lowest BCUT2D eigenvalue weighted by Gasteiger charge is -2.27. The van der Waals surface area contributed by atoms with Gasteiger partial charge in [-0.1, -0.05) is 12.1 Å². The van der Waals surface area contributed by atoms with Gasteiger partial charge >= 0.3 is 5.97 Å². The van der Waals surface area contributed by atoms with E-state index in [1.807, 2.05) is 56.5 Å². The highest BCUT2D eigenvalue weighted by Crippen LogP contribution is 2.29. The summed E-state index contributed by atoms with van der Waals surface area (Å²) in [5.74, 6) is 0.425. The molecule has 5 heteroatoms. The van der Waals surface area contributed by atoms with E-state index in [1.165, 1.54) is 0 Å². The highest BCUT2D eigenvalue weighted by Gasteiger charge is 2.34. The first-order chi connectivity index (χ1) is 9.52. The Kier molecular flexibility index (Phi) is 3.97. The Balaban J connectivity index is 2.61. The number of imidazole rings is 1. The van der Waals surface area contributed by atoms with Gasteiger partial charge in [0.25, 0.3) is 0 Å². The van der Waals surface area contributed by atoms with Crippen molar-refractivity contribution in [2.45, 2.75) is 33.2 Å². The Hall–Kier alpha value is -2.04. The number of aromatic nitrogens is 2. The van der Waals surface area contributed by atoms with E-state index in [0.29, 0.717) is 12.6 Å². The molecule has 0 fully saturated rings. The van der Waals surface area contributed by atoms with Crippen molar-refractivity contribution in [1.29, 1.82) is 0 Å². The standard InChI is InChI=1S/C15H21N3O2/c1-5-16-14-17-11-9-7-8-10-12(11)18(14)15(3,4)13(19)20-6-2/h7-10H,5-6H2,1-4H3,(H,16,17). The van der Waals surface area contributed by atoms with E-state index < -0.39 is 5.54 Å². The molecule has 1 aromatic heterocycles. The second-order valence-electron chi connectivity index (χ2n) is 5.07. The zero-order chi connectivity index (χ0) is 14.8. The maximum absolute atomic E-state index is 12.3. The minimum absolute atomic E-state index is 0.262. The van der Waals surface area contributed by atoms with Gasteiger partial charge in [-0.15, -0.1) is 0 Å². The smallest absolute Gasteiger partial charge is 0.331 e. The third kappa shape index (κ3) is 2.35. The number of benzene rings is 1. The Morgan fingerprint density at radius 3 is 2.70 bits per heavy atom. The van der Waals surface area contributed by atoms with Crippen LogP contribution in [0.2, 0.25) is 0 Å². The number of nitrogens with zero attached hydrogens (tertiary/aromatic N) is 2. The molecule has 2 rings (SSSR count). The number of esters is 1. The van der Waals surface area contributed by atoms with E-state index in [0.717, 1.165) is 17.6 Å². The molecule has 0 spiro atoms. The summed E-state index contributed by atoms with van der Waals surface area (Å²) >= 11 is 0. The molecule has 0 unspecified atom stereocenters. The Bertz CT molecular complexity index is 617. The number of carbonyl (C=O) groups excluding carboxylic acids is 1. The summed E-state index contributed by atoms with van der Waals surface area (Å²) in [6.07, 6.45) is 0. The van der Waals surface area contributed by atoms with Gasteiger partial charge in [-0.05, 0) is 39.8 Å². The molecule has 0 saturated carbocycles. The molecule has 0 saturated heterocycles. The van der Waals surface area contributed by atoms with Gasteiger partial charge < -0.3 is 10.1 Å². The zero-order valence-electron chi connectivity index (χ0n) is 12.4. The lowest BCUT2D eigenvalue weighted by Crippen LogP contribution is -2.38. The molecule has 1 N–H and O–H groups in total. The molecule has 0 radical (unpaired) electrons.